The fourth-order valence-electron chi connectivity index (χ4n) is 4.83. The van der Waals surface area contributed by atoms with Gasteiger partial charge in [0, 0.05) is 10.2 Å². The summed E-state index contributed by atoms with van der Waals surface area (Å²) in [7, 11) is 0. The number of halogens is 1. The van der Waals surface area contributed by atoms with E-state index in [0.29, 0.717) is 5.69 Å². The van der Waals surface area contributed by atoms with Gasteiger partial charge in [-0.15, -0.1) is 0 Å². The lowest BCUT2D eigenvalue weighted by Gasteiger charge is -2.23. The summed E-state index contributed by atoms with van der Waals surface area (Å²) in [6.45, 7) is 2.95. The third-order valence-corrected chi connectivity index (χ3v) is 6.79. The van der Waals surface area contributed by atoms with Crippen LogP contribution in [0.1, 0.15) is 25.8 Å². The Hall–Kier alpha value is -2.48. The van der Waals surface area contributed by atoms with Crippen LogP contribution in [0.15, 0.2) is 34.8 Å². The molecular weight excluding hydrogens is 452 g/mol. The summed E-state index contributed by atoms with van der Waals surface area (Å²) in [6.07, 6.45) is 5.56. The number of likely N-dealkylation sites (tertiary alicyclic amines) is 1. The molecule has 7 nitrogen and oxygen atoms in total. The summed E-state index contributed by atoms with van der Waals surface area (Å²) in [5.74, 6) is -2.43. The van der Waals surface area contributed by atoms with E-state index in [2.05, 4.69) is 21.2 Å². The summed E-state index contributed by atoms with van der Waals surface area (Å²) >= 11 is 3.39. The van der Waals surface area contributed by atoms with Crippen LogP contribution in [-0.4, -0.2) is 41.2 Å². The normalized spacial score (nSPS) is 27.4. The Morgan fingerprint density at radius 2 is 1.83 bits per heavy atom. The van der Waals surface area contributed by atoms with Crippen LogP contribution in [0.5, 0.6) is 0 Å². The standard InChI is InChI=1S/C22H23BrN2O5/c1-3-12-9-15(23)6-7-16(12)24-17(26)10-30-22(29)11(2)25-20(27)18-13-4-5-14(8-13)19(18)21(25)28/h4-7,9,11,13-14,18-19H,3,8,10H2,1-2H3,(H,24,26)/t11-,13+,14+,18-,19+/m1/s1. The van der Waals surface area contributed by atoms with Gasteiger partial charge in [0.05, 0.1) is 11.8 Å². The van der Waals surface area contributed by atoms with E-state index >= 15 is 0 Å². The molecule has 0 spiro atoms. The Bertz CT molecular complexity index is 929. The monoisotopic (exact) mass is 474 g/mol. The number of carbonyl (C=O) groups excluding carboxylic acids is 4. The van der Waals surface area contributed by atoms with E-state index in [-0.39, 0.29) is 35.5 Å². The Morgan fingerprint density at radius 3 is 2.43 bits per heavy atom. The molecule has 0 radical (unpaired) electrons. The van der Waals surface area contributed by atoms with Gasteiger partial charge in [0.25, 0.3) is 5.91 Å². The zero-order valence-electron chi connectivity index (χ0n) is 16.8. The highest BCUT2D eigenvalue weighted by Crippen LogP contribution is 2.52. The summed E-state index contributed by atoms with van der Waals surface area (Å²) in [4.78, 5) is 51.3. The number of hydrogen-bond donors (Lipinski definition) is 1. The van der Waals surface area contributed by atoms with Crippen molar-refractivity contribution in [1.82, 2.24) is 4.90 Å². The van der Waals surface area contributed by atoms with E-state index in [9.17, 15) is 19.2 Å². The number of aryl methyl sites for hydroxylation is 1. The second kappa shape index (κ2) is 7.98. The Balaban J connectivity index is 1.35. The van der Waals surface area contributed by atoms with Crippen molar-refractivity contribution >= 4 is 45.3 Å². The molecule has 0 aromatic heterocycles. The molecule has 4 rings (SSSR count). The van der Waals surface area contributed by atoms with Crippen molar-refractivity contribution in [3.8, 4) is 0 Å². The summed E-state index contributed by atoms with van der Waals surface area (Å²) in [6, 6.07) is 4.44. The quantitative estimate of drug-likeness (QED) is 0.388. The molecule has 1 aromatic rings. The van der Waals surface area contributed by atoms with Crippen molar-refractivity contribution in [3.63, 3.8) is 0 Å². The van der Waals surface area contributed by atoms with Gasteiger partial charge in [-0.1, -0.05) is 35.0 Å². The molecule has 3 aliphatic rings. The number of esters is 1. The molecule has 0 unspecified atom stereocenters. The molecule has 1 aromatic carbocycles. The number of anilines is 1. The molecule has 2 bridgehead atoms. The smallest absolute Gasteiger partial charge is 0.329 e. The molecule has 5 atom stereocenters. The topological polar surface area (TPSA) is 92.8 Å². The van der Waals surface area contributed by atoms with Gasteiger partial charge in [-0.25, -0.2) is 4.79 Å². The highest BCUT2D eigenvalue weighted by Gasteiger charge is 2.60. The highest BCUT2D eigenvalue weighted by molar-refractivity contribution is 9.10. The van der Waals surface area contributed by atoms with E-state index in [4.69, 9.17) is 4.74 Å². The molecule has 2 fully saturated rings. The third-order valence-electron chi connectivity index (χ3n) is 6.30. The predicted octanol–water partition coefficient (Wildman–Crippen LogP) is 2.69. The first-order valence-corrected chi connectivity index (χ1v) is 10.9. The third kappa shape index (κ3) is 3.47. The second-order valence-electron chi connectivity index (χ2n) is 8.03. The SMILES string of the molecule is CCc1cc(Br)ccc1NC(=O)COC(=O)[C@@H](C)N1C(=O)[C@@H]2[C@H](C1=O)[C@H]1C=C[C@H]2C1. The molecule has 158 valence electrons. The zero-order valence-corrected chi connectivity index (χ0v) is 18.3. The molecule has 8 heteroatoms. The maximum atomic E-state index is 12.8. The van der Waals surface area contributed by atoms with Gasteiger partial charge in [-0.3, -0.25) is 19.3 Å². The Morgan fingerprint density at radius 1 is 1.20 bits per heavy atom. The molecule has 1 N–H and O–H groups in total. The van der Waals surface area contributed by atoms with Gasteiger partial charge in [0.2, 0.25) is 11.8 Å². The molecule has 1 heterocycles. The van der Waals surface area contributed by atoms with Crippen molar-refractivity contribution < 1.29 is 23.9 Å². The number of imide groups is 1. The zero-order chi connectivity index (χ0) is 21.6. The Labute approximate surface area is 183 Å². The van der Waals surface area contributed by atoms with Gasteiger partial charge in [0.1, 0.15) is 6.04 Å². The fraction of sp³-hybridized carbons (Fsp3) is 0.455. The molecular formula is C22H23BrN2O5. The van der Waals surface area contributed by atoms with Crippen molar-refractivity contribution in [2.45, 2.75) is 32.7 Å². The van der Waals surface area contributed by atoms with Crippen molar-refractivity contribution in [2.24, 2.45) is 23.7 Å². The number of nitrogens with zero attached hydrogens (tertiary/aromatic N) is 1. The first kappa shape index (κ1) is 20.8. The predicted molar refractivity (Wildman–Crippen MR) is 112 cm³/mol. The highest BCUT2D eigenvalue weighted by atomic mass is 79.9. The van der Waals surface area contributed by atoms with Crippen LogP contribution in [0.2, 0.25) is 0 Å². The van der Waals surface area contributed by atoms with Crippen LogP contribution < -0.4 is 5.32 Å². The van der Waals surface area contributed by atoms with E-state index in [0.717, 1.165) is 27.8 Å². The lowest BCUT2D eigenvalue weighted by Crippen LogP contribution is -2.45. The molecule has 1 saturated carbocycles. The van der Waals surface area contributed by atoms with Crippen molar-refractivity contribution in [3.05, 3.63) is 40.4 Å². The van der Waals surface area contributed by atoms with Crippen LogP contribution in [0.25, 0.3) is 0 Å². The number of allylic oxidation sites excluding steroid dienone is 2. The molecule has 1 aliphatic heterocycles. The average molecular weight is 475 g/mol. The first-order valence-electron chi connectivity index (χ1n) is 10.1. The van der Waals surface area contributed by atoms with Crippen LogP contribution in [-0.2, 0) is 30.3 Å². The average Bonchev–Trinajstić information content (AvgIpc) is 3.40. The molecule has 3 amide bonds. The van der Waals surface area contributed by atoms with E-state index < -0.39 is 24.5 Å². The van der Waals surface area contributed by atoms with Crippen LogP contribution >= 0.6 is 15.9 Å². The number of benzene rings is 1. The first-order chi connectivity index (χ1) is 14.3. The second-order valence-corrected chi connectivity index (χ2v) is 8.95. The fourth-order valence-corrected chi connectivity index (χ4v) is 5.24. The van der Waals surface area contributed by atoms with Gasteiger partial charge in [-0.2, -0.15) is 0 Å². The lowest BCUT2D eigenvalue weighted by molar-refractivity contribution is -0.159. The largest absolute Gasteiger partial charge is 0.454 e. The van der Waals surface area contributed by atoms with E-state index in [1.165, 1.54) is 6.92 Å². The number of nitrogens with one attached hydrogen (secondary N) is 1. The van der Waals surface area contributed by atoms with Crippen LogP contribution in [0.4, 0.5) is 5.69 Å². The minimum absolute atomic E-state index is 0.0779. The van der Waals surface area contributed by atoms with Gasteiger partial charge in [-0.05, 0) is 55.4 Å². The summed E-state index contributed by atoms with van der Waals surface area (Å²) in [5.41, 5.74) is 1.59. The minimum Gasteiger partial charge on any atom is -0.454 e. The maximum Gasteiger partial charge on any atom is 0.329 e. The van der Waals surface area contributed by atoms with Crippen LogP contribution in [0, 0.1) is 23.7 Å². The summed E-state index contributed by atoms with van der Waals surface area (Å²) < 4.78 is 6.02. The van der Waals surface area contributed by atoms with E-state index in [1.807, 2.05) is 31.2 Å². The number of fused-ring (bicyclic) bond motifs is 5. The molecule has 2 aliphatic carbocycles. The summed E-state index contributed by atoms with van der Waals surface area (Å²) in [5, 5.41) is 2.73. The number of amides is 3. The lowest BCUT2D eigenvalue weighted by atomic mass is 9.85. The molecule has 30 heavy (non-hydrogen) atoms. The van der Waals surface area contributed by atoms with E-state index in [1.54, 1.807) is 6.07 Å². The maximum absolute atomic E-state index is 12.8. The number of carbonyl (C=O) groups is 4. The van der Waals surface area contributed by atoms with Gasteiger partial charge < -0.3 is 10.1 Å². The number of ether oxygens (including phenoxy) is 1. The number of hydrogen-bond acceptors (Lipinski definition) is 5. The van der Waals surface area contributed by atoms with Crippen LogP contribution in [0.3, 0.4) is 0 Å². The van der Waals surface area contributed by atoms with Crippen molar-refractivity contribution in [1.29, 1.82) is 0 Å². The Kier molecular flexibility index (Phi) is 5.53. The molecule has 1 saturated heterocycles. The van der Waals surface area contributed by atoms with Crippen molar-refractivity contribution in [2.75, 3.05) is 11.9 Å². The van der Waals surface area contributed by atoms with Gasteiger partial charge in [0.15, 0.2) is 6.61 Å². The number of rotatable bonds is 6. The minimum atomic E-state index is -1.05. The van der Waals surface area contributed by atoms with Gasteiger partial charge >= 0.3 is 5.97 Å².